The Kier molecular flexibility index (Phi) is 6.65. The lowest BCUT2D eigenvalue weighted by molar-refractivity contribution is -0.138. The first kappa shape index (κ1) is 18.6. The maximum absolute atomic E-state index is 13.0. The quantitative estimate of drug-likeness (QED) is 0.771. The lowest BCUT2D eigenvalue weighted by atomic mass is 10.0. The van der Waals surface area contributed by atoms with Crippen molar-refractivity contribution in [1.29, 1.82) is 0 Å². The second kappa shape index (κ2) is 8.94. The van der Waals surface area contributed by atoms with E-state index in [2.05, 4.69) is 5.32 Å². The number of hydrogen-bond acceptors (Lipinski definition) is 3. The Bertz CT molecular complexity index is 703. The standard InChI is InChI=1S/C19H20FNO4/c1-13(25-12-14-5-3-2-4-6-14)19(24)21-17(11-18(22)23)15-7-9-16(20)10-8-15/h2-10,13,17H,11-12H2,1H3,(H,21,24)(H,22,23). The molecule has 2 unspecified atom stereocenters. The van der Waals surface area contributed by atoms with E-state index in [1.54, 1.807) is 6.92 Å². The van der Waals surface area contributed by atoms with Crippen LogP contribution in [0.15, 0.2) is 54.6 Å². The highest BCUT2D eigenvalue weighted by atomic mass is 19.1. The second-order valence-electron chi connectivity index (χ2n) is 5.65. The van der Waals surface area contributed by atoms with Gasteiger partial charge < -0.3 is 15.2 Å². The highest BCUT2D eigenvalue weighted by Crippen LogP contribution is 2.18. The molecular formula is C19H20FNO4. The van der Waals surface area contributed by atoms with E-state index in [1.807, 2.05) is 30.3 Å². The number of aliphatic carboxylic acids is 1. The van der Waals surface area contributed by atoms with Gasteiger partial charge in [0.25, 0.3) is 0 Å². The van der Waals surface area contributed by atoms with Crippen molar-refractivity contribution in [3.63, 3.8) is 0 Å². The summed E-state index contributed by atoms with van der Waals surface area (Å²) in [6, 6.07) is 14.0. The molecule has 0 fully saturated rings. The van der Waals surface area contributed by atoms with Crippen LogP contribution in [0.25, 0.3) is 0 Å². The largest absolute Gasteiger partial charge is 0.481 e. The first-order valence-electron chi connectivity index (χ1n) is 7.89. The van der Waals surface area contributed by atoms with Crippen LogP contribution in [-0.4, -0.2) is 23.1 Å². The van der Waals surface area contributed by atoms with Gasteiger partial charge in [-0.25, -0.2) is 4.39 Å². The van der Waals surface area contributed by atoms with Crippen LogP contribution in [-0.2, 0) is 20.9 Å². The molecule has 5 nitrogen and oxygen atoms in total. The van der Waals surface area contributed by atoms with Gasteiger partial charge in [-0.15, -0.1) is 0 Å². The summed E-state index contributed by atoms with van der Waals surface area (Å²) in [7, 11) is 0. The molecule has 0 aromatic heterocycles. The Morgan fingerprint density at radius 2 is 1.76 bits per heavy atom. The number of carboxylic acids is 1. The van der Waals surface area contributed by atoms with E-state index in [9.17, 15) is 14.0 Å². The molecule has 0 heterocycles. The molecule has 0 spiro atoms. The SMILES string of the molecule is CC(OCc1ccccc1)C(=O)NC(CC(=O)O)c1ccc(F)cc1. The van der Waals surface area contributed by atoms with Crippen molar-refractivity contribution in [3.8, 4) is 0 Å². The Balaban J connectivity index is 1.98. The van der Waals surface area contributed by atoms with E-state index < -0.39 is 29.8 Å². The number of nitrogens with one attached hydrogen (secondary N) is 1. The highest BCUT2D eigenvalue weighted by molar-refractivity contribution is 5.81. The zero-order chi connectivity index (χ0) is 18.2. The summed E-state index contributed by atoms with van der Waals surface area (Å²) in [6.45, 7) is 1.87. The molecule has 2 atom stereocenters. The maximum atomic E-state index is 13.0. The molecule has 0 bridgehead atoms. The highest BCUT2D eigenvalue weighted by Gasteiger charge is 2.22. The number of carbonyl (C=O) groups is 2. The predicted octanol–water partition coefficient (Wildman–Crippen LogP) is 3.06. The third kappa shape index (κ3) is 6.00. The van der Waals surface area contributed by atoms with Crippen LogP contribution in [0.4, 0.5) is 4.39 Å². The van der Waals surface area contributed by atoms with E-state index in [1.165, 1.54) is 24.3 Å². The minimum atomic E-state index is -1.06. The molecule has 6 heteroatoms. The number of benzene rings is 2. The summed E-state index contributed by atoms with van der Waals surface area (Å²) in [6.07, 6.45) is -1.06. The Morgan fingerprint density at radius 1 is 1.12 bits per heavy atom. The number of rotatable bonds is 8. The van der Waals surface area contributed by atoms with Crippen molar-refractivity contribution in [2.24, 2.45) is 0 Å². The Morgan fingerprint density at radius 3 is 2.36 bits per heavy atom. The van der Waals surface area contributed by atoms with Crippen LogP contribution < -0.4 is 5.32 Å². The first-order chi connectivity index (χ1) is 12.0. The van der Waals surface area contributed by atoms with Gasteiger partial charge in [-0.1, -0.05) is 42.5 Å². The fourth-order valence-electron chi connectivity index (χ4n) is 2.28. The molecule has 2 aromatic rings. The van der Waals surface area contributed by atoms with E-state index in [0.717, 1.165) is 5.56 Å². The van der Waals surface area contributed by atoms with E-state index in [-0.39, 0.29) is 13.0 Å². The van der Waals surface area contributed by atoms with Crippen molar-refractivity contribution in [2.45, 2.75) is 32.1 Å². The number of halogens is 1. The molecule has 0 aliphatic rings. The summed E-state index contributed by atoms with van der Waals surface area (Å²) in [5.74, 6) is -1.91. The van der Waals surface area contributed by atoms with Gasteiger partial charge >= 0.3 is 5.97 Å². The fourth-order valence-corrected chi connectivity index (χ4v) is 2.28. The Labute approximate surface area is 145 Å². The normalized spacial score (nSPS) is 13.0. The molecule has 0 aliphatic heterocycles. The van der Waals surface area contributed by atoms with Crippen LogP contribution in [0.2, 0.25) is 0 Å². The number of hydrogen-bond donors (Lipinski definition) is 2. The molecule has 25 heavy (non-hydrogen) atoms. The summed E-state index contributed by atoms with van der Waals surface area (Å²) in [5.41, 5.74) is 1.45. The second-order valence-corrected chi connectivity index (χ2v) is 5.65. The first-order valence-corrected chi connectivity index (χ1v) is 7.89. The number of carboxylic acid groups (broad SMARTS) is 1. The lowest BCUT2D eigenvalue weighted by Crippen LogP contribution is -2.37. The topological polar surface area (TPSA) is 75.6 Å². The van der Waals surface area contributed by atoms with Crippen LogP contribution in [0.3, 0.4) is 0 Å². The number of ether oxygens (including phenoxy) is 1. The summed E-state index contributed by atoms with van der Waals surface area (Å²) in [5, 5.41) is 11.7. The zero-order valence-corrected chi connectivity index (χ0v) is 13.8. The van der Waals surface area contributed by atoms with Gasteiger partial charge in [0.15, 0.2) is 0 Å². The van der Waals surface area contributed by atoms with E-state index in [4.69, 9.17) is 9.84 Å². The van der Waals surface area contributed by atoms with Crippen LogP contribution >= 0.6 is 0 Å². The molecule has 0 radical (unpaired) electrons. The lowest BCUT2D eigenvalue weighted by Gasteiger charge is -2.20. The summed E-state index contributed by atoms with van der Waals surface area (Å²) >= 11 is 0. The molecule has 2 N–H and O–H groups in total. The molecule has 1 amide bonds. The van der Waals surface area contributed by atoms with Gasteiger partial charge in [-0.05, 0) is 30.2 Å². The van der Waals surface area contributed by atoms with Gasteiger partial charge in [0.1, 0.15) is 11.9 Å². The molecule has 2 aromatic carbocycles. The molecule has 2 rings (SSSR count). The number of amides is 1. The molecule has 0 saturated carbocycles. The summed E-state index contributed by atoms with van der Waals surface area (Å²) in [4.78, 5) is 23.3. The third-order valence-electron chi connectivity index (χ3n) is 3.68. The van der Waals surface area contributed by atoms with Crippen LogP contribution in [0.1, 0.15) is 30.5 Å². The zero-order valence-electron chi connectivity index (χ0n) is 13.8. The molecule has 132 valence electrons. The van der Waals surface area contributed by atoms with Crippen molar-refractivity contribution in [2.75, 3.05) is 0 Å². The minimum Gasteiger partial charge on any atom is -0.481 e. The van der Waals surface area contributed by atoms with Crippen molar-refractivity contribution in [1.82, 2.24) is 5.32 Å². The monoisotopic (exact) mass is 345 g/mol. The third-order valence-corrected chi connectivity index (χ3v) is 3.68. The fraction of sp³-hybridized carbons (Fsp3) is 0.263. The van der Waals surface area contributed by atoms with Gasteiger partial charge in [-0.3, -0.25) is 9.59 Å². The van der Waals surface area contributed by atoms with E-state index >= 15 is 0 Å². The summed E-state index contributed by atoms with van der Waals surface area (Å²) < 4.78 is 18.6. The van der Waals surface area contributed by atoms with Crippen molar-refractivity contribution in [3.05, 3.63) is 71.5 Å². The van der Waals surface area contributed by atoms with Crippen LogP contribution in [0.5, 0.6) is 0 Å². The van der Waals surface area contributed by atoms with Gasteiger partial charge in [0.05, 0.1) is 19.1 Å². The molecule has 0 saturated heterocycles. The maximum Gasteiger partial charge on any atom is 0.305 e. The van der Waals surface area contributed by atoms with E-state index in [0.29, 0.717) is 5.56 Å². The van der Waals surface area contributed by atoms with Crippen molar-refractivity contribution < 1.29 is 23.8 Å². The predicted molar refractivity (Wildman–Crippen MR) is 90.2 cm³/mol. The van der Waals surface area contributed by atoms with Gasteiger partial charge in [0.2, 0.25) is 5.91 Å². The van der Waals surface area contributed by atoms with Crippen LogP contribution in [0, 0.1) is 5.82 Å². The Hall–Kier alpha value is -2.73. The average Bonchev–Trinajstić information content (AvgIpc) is 2.60. The number of carbonyl (C=O) groups excluding carboxylic acids is 1. The molecular weight excluding hydrogens is 325 g/mol. The molecule has 0 aliphatic carbocycles. The minimum absolute atomic E-state index is 0.273. The average molecular weight is 345 g/mol. The van der Waals surface area contributed by atoms with Gasteiger partial charge in [-0.2, -0.15) is 0 Å². The van der Waals surface area contributed by atoms with Crippen molar-refractivity contribution >= 4 is 11.9 Å². The smallest absolute Gasteiger partial charge is 0.305 e. The van der Waals surface area contributed by atoms with Gasteiger partial charge in [0, 0.05) is 0 Å².